The molecule has 1 aromatic rings. The molecular weight excluding hydrogens is 262 g/mol. The van der Waals surface area contributed by atoms with Crippen LogP contribution in [0.1, 0.15) is 36.8 Å². The molecule has 0 unspecified atom stereocenters. The fourth-order valence-electron chi connectivity index (χ4n) is 2.45. The molecular formula is C13H15F4NO. The van der Waals surface area contributed by atoms with Crippen LogP contribution < -0.4 is 5.73 Å². The van der Waals surface area contributed by atoms with E-state index in [4.69, 9.17) is 5.73 Å². The van der Waals surface area contributed by atoms with E-state index in [0.29, 0.717) is 31.7 Å². The van der Waals surface area contributed by atoms with Crippen molar-refractivity contribution in [2.75, 3.05) is 0 Å². The monoisotopic (exact) mass is 277 g/mol. The molecule has 1 aliphatic carbocycles. The number of benzene rings is 1. The summed E-state index contributed by atoms with van der Waals surface area (Å²) in [5.41, 5.74) is 4.20. The lowest BCUT2D eigenvalue weighted by Crippen LogP contribution is -2.41. The van der Waals surface area contributed by atoms with Gasteiger partial charge in [0.25, 0.3) is 0 Å². The molecule has 106 valence electrons. The summed E-state index contributed by atoms with van der Waals surface area (Å²) in [4.78, 5) is 0. The summed E-state index contributed by atoms with van der Waals surface area (Å²) in [6.45, 7) is 0. The molecule has 1 saturated carbocycles. The van der Waals surface area contributed by atoms with Crippen molar-refractivity contribution in [2.45, 2.75) is 43.5 Å². The van der Waals surface area contributed by atoms with E-state index in [0.717, 1.165) is 12.1 Å². The van der Waals surface area contributed by atoms with Crippen LogP contribution in [-0.4, -0.2) is 11.2 Å². The second-order valence-corrected chi connectivity index (χ2v) is 5.11. The van der Waals surface area contributed by atoms with E-state index in [1.54, 1.807) is 0 Å². The average Bonchev–Trinajstić information content (AvgIpc) is 2.31. The van der Waals surface area contributed by atoms with E-state index in [2.05, 4.69) is 0 Å². The van der Waals surface area contributed by atoms with Crippen molar-refractivity contribution in [3.63, 3.8) is 0 Å². The second-order valence-electron chi connectivity index (χ2n) is 5.11. The molecule has 0 bridgehead atoms. The van der Waals surface area contributed by atoms with Crippen LogP contribution in [0.5, 0.6) is 0 Å². The largest absolute Gasteiger partial charge is 0.416 e. The van der Waals surface area contributed by atoms with Crippen molar-refractivity contribution < 1.29 is 22.7 Å². The number of hydrogen-bond donors (Lipinski definition) is 2. The molecule has 0 aromatic heterocycles. The molecule has 0 radical (unpaired) electrons. The Morgan fingerprint density at radius 2 is 1.74 bits per heavy atom. The number of rotatable bonds is 1. The molecule has 0 atom stereocenters. The Kier molecular flexibility index (Phi) is 3.57. The van der Waals surface area contributed by atoms with Crippen molar-refractivity contribution in [2.24, 2.45) is 5.73 Å². The van der Waals surface area contributed by atoms with Crippen LogP contribution in [0.15, 0.2) is 18.2 Å². The first-order valence-electron chi connectivity index (χ1n) is 6.06. The standard InChI is InChI=1S/C13H15F4NO/c14-10-6-8(5-9(7-10)13(15,16)17)12(18)3-1-11(19)2-4-12/h5-7,11,19H,1-4,18H2. The van der Waals surface area contributed by atoms with Crippen molar-refractivity contribution in [3.05, 3.63) is 35.1 Å². The van der Waals surface area contributed by atoms with Gasteiger partial charge in [0.15, 0.2) is 0 Å². The highest BCUT2D eigenvalue weighted by Crippen LogP contribution is 2.38. The van der Waals surface area contributed by atoms with Crippen LogP contribution >= 0.6 is 0 Å². The fourth-order valence-corrected chi connectivity index (χ4v) is 2.45. The van der Waals surface area contributed by atoms with E-state index in [1.165, 1.54) is 0 Å². The molecule has 2 rings (SSSR count). The van der Waals surface area contributed by atoms with Gasteiger partial charge in [0, 0.05) is 5.54 Å². The van der Waals surface area contributed by atoms with Gasteiger partial charge in [0.05, 0.1) is 11.7 Å². The molecule has 0 aliphatic heterocycles. The zero-order chi connectivity index (χ0) is 14.3. The average molecular weight is 277 g/mol. The minimum atomic E-state index is -4.60. The highest BCUT2D eigenvalue weighted by molar-refractivity contribution is 5.32. The van der Waals surface area contributed by atoms with Crippen LogP contribution in [0.4, 0.5) is 17.6 Å². The predicted octanol–water partition coefficient (Wildman–Crippen LogP) is 2.93. The summed E-state index contributed by atoms with van der Waals surface area (Å²) in [7, 11) is 0. The molecule has 0 amide bonds. The number of aliphatic hydroxyl groups excluding tert-OH is 1. The Morgan fingerprint density at radius 1 is 1.16 bits per heavy atom. The number of aliphatic hydroxyl groups is 1. The van der Waals surface area contributed by atoms with Gasteiger partial charge in [-0.1, -0.05) is 0 Å². The Bertz CT molecular complexity index is 464. The third kappa shape index (κ3) is 3.06. The summed E-state index contributed by atoms with van der Waals surface area (Å²) in [6, 6.07) is 2.41. The first-order valence-corrected chi connectivity index (χ1v) is 6.06. The van der Waals surface area contributed by atoms with Gasteiger partial charge in [-0.3, -0.25) is 0 Å². The Labute approximate surface area is 108 Å². The van der Waals surface area contributed by atoms with Crippen molar-refractivity contribution in [1.29, 1.82) is 0 Å². The topological polar surface area (TPSA) is 46.2 Å². The van der Waals surface area contributed by atoms with Gasteiger partial charge < -0.3 is 10.8 Å². The summed E-state index contributed by atoms with van der Waals surface area (Å²) in [6.07, 6.45) is -3.57. The molecule has 0 heterocycles. The van der Waals surface area contributed by atoms with Gasteiger partial charge in [-0.25, -0.2) is 4.39 Å². The minimum Gasteiger partial charge on any atom is -0.393 e. The van der Waals surface area contributed by atoms with Crippen LogP contribution in [0.3, 0.4) is 0 Å². The van der Waals surface area contributed by atoms with E-state index < -0.39 is 29.2 Å². The summed E-state index contributed by atoms with van der Waals surface area (Å²) in [5, 5.41) is 9.42. The van der Waals surface area contributed by atoms with E-state index in [1.807, 2.05) is 0 Å². The van der Waals surface area contributed by atoms with Crippen molar-refractivity contribution >= 4 is 0 Å². The Morgan fingerprint density at radius 3 is 2.26 bits per heavy atom. The highest BCUT2D eigenvalue weighted by atomic mass is 19.4. The van der Waals surface area contributed by atoms with Gasteiger partial charge in [-0.2, -0.15) is 13.2 Å². The zero-order valence-electron chi connectivity index (χ0n) is 10.2. The lowest BCUT2D eigenvalue weighted by atomic mass is 9.76. The first-order chi connectivity index (χ1) is 8.71. The predicted molar refractivity (Wildman–Crippen MR) is 61.7 cm³/mol. The van der Waals surface area contributed by atoms with E-state index in [-0.39, 0.29) is 5.56 Å². The van der Waals surface area contributed by atoms with Crippen molar-refractivity contribution in [1.82, 2.24) is 0 Å². The van der Waals surface area contributed by atoms with Crippen LogP contribution in [0, 0.1) is 5.82 Å². The lowest BCUT2D eigenvalue weighted by Gasteiger charge is -2.36. The smallest absolute Gasteiger partial charge is 0.393 e. The van der Waals surface area contributed by atoms with Gasteiger partial charge in [-0.05, 0) is 49.4 Å². The van der Waals surface area contributed by atoms with Crippen LogP contribution in [0.25, 0.3) is 0 Å². The third-order valence-corrected chi connectivity index (χ3v) is 3.65. The summed E-state index contributed by atoms with van der Waals surface area (Å²) in [5.74, 6) is -0.944. The highest BCUT2D eigenvalue weighted by Gasteiger charge is 2.36. The molecule has 6 heteroatoms. The molecule has 19 heavy (non-hydrogen) atoms. The Balaban J connectivity index is 2.37. The van der Waals surface area contributed by atoms with Gasteiger partial charge in [0.1, 0.15) is 5.82 Å². The van der Waals surface area contributed by atoms with Crippen LogP contribution in [-0.2, 0) is 11.7 Å². The molecule has 1 fully saturated rings. The summed E-state index contributed by atoms with van der Waals surface area (Å²) >= 11 is 0. The quantitative estimate of drug-likeness (QED) is 0.775. The number of hydrogen-bond acceptors (Lipinski definition) is 2. The molecule has 0 saturated heterocycles. The van der Waals surface area contributed by atoms with Crippen LogP contribution in [0.2, 0.25) is 0 Å². The molecule has 2 nitrogen and oxygen atoms in total. The molecule has 1 aliphatic rings. The van der Waals surface area contributed by atoms with E-state index >= 15 is 0 Å². The number of nitrogens with two attached hydrogens (primary N) is 1. The third-order valence-electron chi connectivity index (χ3n) is 3.65. The van der Waals surface area contributed by atoms with E-state index in [9.17, 15) is 22.7 Å². The summed E-state index contributed by atoms with van der Waals surface area (Å²) < 4.78 is 51.3. The zero-order valence-corrected chi connectivity index (χ0v) is 10.2. The van der Waals surface area contributed by atoms with Gasteiger partial charge >= 0.3 is 6.18 Å². The molecule has 0 spiro atoms. The fraction of sp³-hybridized carbons (Fsp3) is 0.538. The van der Waals surface area contributed by atoms with Crippen molar-refractivity contribution in [3.8, 4) is 0 Å². The number of alkyl halides is 3. The molecule has 3 N–H and O–H groups in total. The molecule has 1 aromatic carbocycles. The first kappa shape index (κ1) is 14.3. The van der Waals surface area contributed by atoms with Gasteiger partial charge in [0.2, 0.25) is 0 Å². The lowest BCUT2D eigenvalue weighted by molar-refractivity contribution is -0.137. The second kappa shape index (κ2) is 4.76. The normalized spacial score (nSPS) is 28.4. The van der Waals surface area contributed by atoms with Gasteiger partial charge in [-0.15, -0.1) is 0 Å². The maximum Gasteiger partial charge on any atom is 0.416 e. The SMILES string of the molecule is NC1(c2cc(F)cc(C(F)(F)F)c2)CCC(O)CC1. The minimum absolute atomic E-state index is 0.145. The maximum absolute atomic E-state index is 13.4. The Hall–Kier alpha value is -1.14. The maximum atomic E-state index is 13.4. The number of halogens is 4.